The predicted molar refractivity (Wildman–Crippen MR) is 175 cm³/mol. The second kappa shape index (κ2) is 13.7. The van der Waals surface area contributed by atoms with Gasteiger partial charge in [0, 0.05) is 25.3 Å². The van der Waals surface area contributed by atoms with Crippen molar-refractivity contribution in [3.05, 3.63) is 35.9 Å². The van der Waals surface area contributed by atoms with Gasteiger partial charge in [-0.15, -0.1) is 0 Å². The van der Waals surface area contributed by atoms with E-state index in [1.54, 1.807) is 24.3 Å². The number of benzene rings is 1. The van der Waals surface area contributed by atoms with Crippen LogP contribution in [0, 0.1) is 0 Å². The van der Waals surface area contributed by atoms with Crippen LogP contribution in [0.4, 0.5) is 0 Å². The average molecular weight is 679 g/mol. The maximum absolute atomic E-state index is 13.9. The Morgan fingerprint density at radius 1 is 0.783 bits per heavy atom. The largest absolute Gasteiger partial charge is 0.454 e. The van der Waals surface area contributed by atoms with Gasteiger partial charge in [-0.3, -0.25) is 4.79 Å². The standard InChI is InChI=1S/C34H54O10Si2/c1-20(2)45(21(3)4)42-29-26(36)28(39-33(37)27(38-24(9)35)25-16-12-10-13-17-25)30-31(41-34(40-30)18-14-11-15-19-34)32(29)43-46(44-45,22(5)6)23(7)8/h10,12-13,16-17,20-23,26-32,36H,11,14-15,18-19H2,1-9H3/t26-,27+,28-,29+,30+,31+,32-/m1/s1. The maximum Gasteiger partial charge on any atom is 0.352 e. The Hall–Kier alpha value is -1.65. The highest BCUT2D eigenvalue weighted by Crippen LogP contribution is 2.53. The van der Waals surface area contributed by atoms with E-state index in [2.05, 4.69) is 55.4 Å². The molecule has 2 aliphatic heterocycles. The molecule has 1 aromatic rings. The van der Waals surface area contributed by atoms with E-state index in [1.807, 2.05) is 6.07 Å². The molecule has 0 aromatic heterocycles. The topological polar surface area (TPSA) is 119 Å². The molecule has 0 bridgehead atoms. The smallest absolute Gasteiger partial charge is 0.352 e. The fourth-order valence-corrected chi connectivity index (χ4v) is 19.3. The molecule has 4 aliphatic rings. The van der Waals surface area contributed by atoms with Crippen molar-refractivity contribution >= 4 is 29.1 Å². The van der Waals surface area contributed by atoms with E-state index in [-0.39, 0.29) is 22.2 Å². The lowest BCUT2D eigenvalue weighted by Crippen LogP contribution is -2.67. The first-order valence-electron chi connectivity index (χ1n) is 17.2. The van der Waals surface area contributed by atoms with Gasteiger partial charge in [-0.1, -0.05) is 92.1 Å². The van der Waals surface area contributed by atoms with Gasteiger partial charge in [-0.05, 0) is 35.0 Å². The van der Waals surface area contributed by atoms with Gasteiger partial charge in [-0.25, -0.2) is 4.79 Å². The van der Waals surface area contributed by atoms with Crippen molar-refractivity contribution in [2.45, 2.75) is 165 Å². The lowest BCUT2D eigenvalue weighted by Gasteiger charge is -2.46. The van der Waals surface area contributed by atoms with Crippen LogP contribution in [0.15, 0.2) is 30.3 Å². The predicted octanol–water partition coefficient (Wildman–Crippen LogP) is 6.35. The molecule has 4 fully saturated rings. The molecule has 2 saturated carbocycles. The first kappa shape index (κ1) is 35.7. The Balaban J connectivity index is 1.60. The minimum absolute atomic E-state index is 0.0435. The average Bonchev–Trinajstić information content (AvgIpc) is 3.25. The summed E-state index contributed by atoms with van der Waals surface area (Å²) in [6.45, 7) is 18.4. The van der Waals surface area contributed by atoms with Crippen molar-refractivity contribution in [2.24, 2.45) is 0 Å². The van der Waals surface area contributed by atoms with Crippen molar-refractivity contribution in [3.63, 3.8) is 0 Å². The molecule has 0 radical (unpaired) electrons. The summed E-state index contributed by atoms with van der Waals surface area (Å²) >= 11 is 0. The molecule has 2 saturated heterocycles. The minimum atomic E-state index is -3.09. The van der Waals surface area contributed by atoms with Crippen molar-refractivity contribution in [3.8, 4) is 0 Å². The molecule has 12 heteroatoms. The van der Waals surface area contributed by atoms with E-state index >= 15 is 0 Å². The maximum atomic E-state index is 13.9. The second-order valence-electron chi connectivity index (χ2n) is 14.8. The third-order valence-corrected chi connectivity index (χ3v) is 20.6. The van der Waals surface area contributed by atoms with Crippen LogP contribution in [0.2, 0.25) is 22.2 Å². The molecule has 1 spiro atoms. The van der Waals surface area contributed by atoms with Gasteiger partial charge in [-0.2, -0.15) is 0 Å². The van der Waals surface area contributed by atoms with Crippen molar-refractivity contribution in [1.82, 2.24) is 0 Å². The summed E-state index contributed by atoms with van der Waals surface area (Å²) < 4.78 is 47.1. The van der Waals surface area contributed by atoms with Gasteiger partial charge < -0.3 is 37.0 Å². The van der Waals surface area contributed by atoms with E-state index in [4.69, 9.17) is 31.9 Å². The number of carbonyl (C=O) groups is 2. The lowest BCUT2D eigenvalue weighted by molar-refractivity contribution is -0.215. The third kappa shape index (κ3) is 6.40. The molecule has 7 atom stereocenters. The minimum Gasteiger partial charge on any atom is -0.454 e. The molecule has 1 aromatic carbocycles. The Kier molecular flexibility index (Phi) is 10.6. The zero-order valence-corrected chi connectivity index (χ0v) is 30.9. The Bertz CT molecular complexity index is 1200. The van der Waals surface area contributed by atoms with E-state index in [1.165, 1.54) is 6.92 Å². The van der Waals surface area contributed by atoms with Crippen LogP contribution in [0.25, 0.3) is 0 Å². The van der Waals surface area contributed by atoms with Crippen LogP contribution in [-0.4, -0.2) is 76.6 Å². The summed E-state index contributed by atoms with van der Waals surface area (Å²) in [5.41, 5.74) is 0.732. The van der Waals surface area contributed by atoms with Gasteiger partial charge in [0.15, 0.2) is 11.9 Å². The van der Waals surface area contributed by atoms with E-state index in [0.717, 1.165) is 19.3 Å². The number of aliphatic hydroxyl groups is 1. The van der Waals surface area contributed by atoms with Gasteiger partial charge in [0.2, 0.25) is 6.10 Å². The second-order valence-corrected chi connectivity index (χ2v) is 23.5. The number of ether oxygens (including phenoxy) is 4. The fraction of sp³-hybridized carbons (Fsp3) is 0.765. The number of hydrogen-bond acceptors (Lipinski definition) is 10. The van der Waals surface area contributed by atoms with E-state index in [9.17, 15) is 14.7 Å². The highest BCUT2D eigenvalue weighted by Gasteiger charge is 2.69. The fourth-order valence-electron chi connectivity index (χ4n) is 7.98. The molecule has 5 rings (SSSR count). The lowest BCUT2D eigenvalue weighted by atomic mass is 9.85. The van der Waals surface area contributed by atoms with Crippen molar-refractivity contribution in [1.29, 1.82) is 0 Å². The van der Waals surface area contributed by atoms with Crippen molar-refractivity contribution < 1.29 is 46.6 Å². The molecule has 2 aliphatic carbocycles. The van der Waals surface area contributed by atoms with Gasteiger partial charge >= 0.3 is 29.1 Å². The number of carbonyl (C=O) groups excluding carboxylic acids is 2. The summed E-state index contributed by atoms with van der Waals surface area (Å²) in [5, 5.41) is 12.3. The molecular weight excluding hydrogens is 625 g/mol. The van der Waals surface area contributed by atoms with Gasteiger partial charge in [0.25, 0.3) is 0 Å². The first-order chi connectivity index (χ1) is 21.7. The number of hydrogen-bond donors (Lipinski definition) is 1. The Morgan fingerprint density at radius 3 is 1.83 bits per heavy atom. The van der Waals surface area contributed by atoms with Gasteiger partial charge in [0.05, 0.1) is 0 Å². The summed E-state index contributed by atoms with van der Waals surface area (Å²) in [4.78, 5) is 26.0. The SMILES string of the molecule is CC(=O)O[C@H](C(=O)O[C@@H]1[C@@H](O)[C@@H]2O[Si](C(C)C)(C(C)C)O[Si](C(C)C)(C(C)C)O[C@H]2[C@H]2OC3(CCCCC3)O[C@H]21)c1ccccc1. The zero-order chi connectivity index (χ0) is 33.6. The van der Waals surface area contributed by atoms with Crippen molar-refractivity contribution in [2.75, 3.05) is 0 Å². The Labute approximate surface area is 276 Å². The van der Waals surface area contributed by atoms with Crippen LogP contribution in [-0.2, 0) is 41.5 Å². The number of aliphatic hydroxyl groups excluding tert-OH is 1. The monoisotopic (exact) mass is 678 g/mol. The van der Waals surface area contributed by atoms with Gasteiger partial charge in [0.1, 0.15) is 30.5 Å². The van der Waals surface area contributed by atoms with Crippen LogP contribution >= 0.6 is 0 Å². The molecule has 10 nitrogen and oxygen atoms in total. The van der Waals surface area contributed by atoms with Crippen LogP contribution in [0.5, 0.6) is 0 Å². The summed E-state index contributed by atoms with van der Waals surface area (Å²) in [5.74, 6) is -2.30. The molecule has 0 amide bonds. The van der Waals surface area contributed by atoms with E-state index < -0.39 is 77.6 Å². The zero-order valence-electron chi connectivity index (χ0n) is 28.9. The first-order valence-corrected chi connectivity index (χ1v) is 21.1. The molecule has 46 heavy (non-hydrogen) atoms. The molecular formula is C34H54O10Si2. The molecule has 258 valence electrons. The van der Waals surface area contributed by atoms with Crippen LogP contribution in [0.1, 0.15) is 106 Å². The Morgan fingerprint density at radius 2 is 1.30 bits per heavy atom. The molecule has 1 N–H and O–H groups in total. The normalized spacial score (nSPS) is 32.2. The number of rotatable bonds is 8. The van der Waals surface area contributed by atoms with Crippen LogP contribution < -0.4 is 0 Å². The van der Waals surface area contributed by atoms with E-state index in [0.29, 0.717) is 18.4 Å². The highest BCUT2D eigenvalue weighted by atomic mass is 28.5. The summed E-state index contributed by atoms with van der Waals surface area (Å²) in [6, 6.07) is 8.72. The molecule has 0 unspecified atom stereocenters. The third-order valence-electron chi connectivity index (χ3n) is 10.3. The number of fused-ring (bicyclic) bond motifs is 3. The summed E-state index contributed by atoms with van der Waals surface area (Å²) in [7, 11) is -6.10. The quantitative estimate of drug-likeness (QED) is 0.246. The highest BCUT2D eigenvalue weighted by molar-refractivity contribution is 6.84. The summed E-state index contributed by atoms with van der Waals surface area (Å²) in [6.07, 6.45) is -2.53. The van der Waals surface area contributed by atoms with Crippen LogP contribution in [0.3, 0.4) is 0 Å². The molecule has 2 heterocycles. The number of esters is 2.